The highest BCUT2D eigenvalue weighted by Crippen LogP contribution is 2.21. The Labute approximate surface area is 230 Å². The number of carboxylic acids is 2. The van der Waals surface area contributed by atoms with Crippen LogP contribution in [0.5, 0.6) is 0 Å². The van der Waals surface area contributed by atoms with Gasteiger partial charge in [-0.3, -0.25) is 19.2 Å². The van der Waals surface area contributed by atoms with Gasteiger partial charge in [0.25, 0.3) is 0 Å². The number of amides is 3. The summed E-state index contributed by atoms with van der Waals surface area (Å²) in [5, 5.41) is 24.8. The Balaban J connectivity index is 1.71. The smallest absolute Gasteiger partial charge is 0.326 e. The fourth-order valence-corrected chi connectivity index (χ4v) is 5.17. The molecular weight excluding hydrogens is 526 g/mol. The van der Waals surface area contributed by atoms with Crippen LogP contribution in [0.3, 0.4) is 0 Å². The zero-order valence-electron chi connectivity index (χ0n) is 21.7. The van der Waals surface area contributed by atoms with Crippen LogP contribution in [0.25, 0.3) is 10.9 Å². The Morgan fingerprint density at radius 3 is 2.56 bits per heavy atom. The quantitative estimate of drug-likeness (QED) is 0.192. The van der Waals surface area contributed by atoms with Gasteiger partial charge in [0.2, 0.25) is 17.7 Å². The second-order valence-corrected chi connectivity index (χ2v) is 10.5. The summed E-state index contributed by atoms with van der Waals surface area (Å²) in [7, 11) is 0. The molecule has 3 rings (SSSR count). The molecule has 0 saturated carbocycles. The largest absolute Gasteiger partial charge is 0.481 e. The van der Waals surface area contributed by atoms with Gasteiger partial charge in [0.1, 0.15) is 18.1 Å². The number of aromatic nitrogens is 1. The molecule has 12 nitrogen and oxygen atoms in total. The maximum Gasteiger partial charge on any atom is 0.326 e. The van der Waals surface area contributed by atoms with Crippen LogP contribution in [0.1, 0.15) is 37.7 Å². The van der Waals surface area contributed by atoms with Crippen molar-refractivity contribution in [3.8, 4) is 0 Å². The van der Waals surface area contributed by atoms with E-state index in [2.05, 4.69) is 15.6 Å². The predicted octanol–water partition coefficient (Wildman–Crippen LogP) is 0.701. The molecule has 0 radical (unpaired) electrons. The van der Waals surface area contributed by atoms with E-state index >= 15 is 0 Å². The second-order valence-electron chi connectivity index (χ2n) is 9.53. The number of hydrogen-bond donors (Lipinski definition) is 6. The third kappa shape index (κ3) is 7.96. The Kier molecular flexibility index (Phi) is 10.8. The topological polar surface area (TPSA) is 195 Å². The fraction of sp³-hybridized carbons (Fsp3) is 0.500. The van der Waals surface area contributed by atoms with Crippen LogP contribution in [-0.4, -0.2) is 92.5 Å². The number of thioether (sulfide) groups is 1. The number of nitrogens with one attached hydrogen (secondary N) is 3. The van der Waals surface area contributed by atoms with Crippen molar-refractivity contribution in [3.05, 3.63) is 36.0 Å². The van der Waals surface area contributed by atoms with Crippen LogP contribution in [0.15, 0.2) is 30.5 Å². The van der Waals surface area contributed by atoms with Crippen molar-refractivity contribution in [1.82, 2.24) is 20.5 Å². The van der Waals surface area contributed by atoms with Gasteiger partial charge < -0.3 is 36.5 Å². The summed E-state index contributed by atoms with van der Waals surface area (Å²) in [4.78, 5) is 66.9. The summed E-state index contributed by atoms with van der Waals surface area (Å²) in [6, 6.07) is 3.11. The lowest BCUT2D eigenvalue weighted by Gasteiger charge is -2.28. The number of carbonyl (C=O) groups excluding carboxylic acids is 3. The van der Waals surface area contributed by atoms with Crippen molar-refractivity contribution in [2.45, 2.75) is 62.7 Å². The second kappa shape index (κ2) is 14.0. The van der Waals surface area contributed by atoms with E-state index in [0.29, 0.717) is 37.1 Å². The Bertz CT molecular complexity index is 1200. The maximum absolute atomic E-state index is 13.2. The Morgan fingerprint density at radius 1 is 1.13 bits per heavy atom. The number of fused-ring (bicyclic) bond motifs is 1. The lowest BCUT2D eigenvalue weighted by molar-refractivity contribution is -0.143. The van der Waals surface area contributed by atoms with Gasteiger partial charge in [0.15, 0.2) is 0 Å². The third-order valence-corrected chi connectivity index (χ3v) is 7.43. The van der Waals surface area contributed by atoms with Crippen LogP contribution in [0, 0.1) is 0 Å². The average molecular weight is 562 g/mol. The van der Waals surface area contributed by atoms with Crippen molar-refractivity contribution < 1.29 is 34.2 Å². The third-order valence-electron chi connectivity index (χ3n) is 6.78. The highest BCUT2D eigenvalue weighted by molar-refractivity contribution is 7.98. The lowest BCUT2D eigenvalue weighted by atomic mass is 10.0. The fourth-order valence-electron chi connectivity index (χ4n) is 4.68. The molecule has 0 bridgehead atoms. The van der Waals surface area contributed by atoms with Crippen LogP contribution < -0.4 is 16.4 Å². The van der Waals surface area contributed by atoms with E-state index in [9.17, 15) is 29.1 Å². The molecule has 1 aromatic heterocycles. The minimum atomic E-state index is -1.32. The molecular formula is C26H35N5O7S. The Hall–Kier alpha value is -3.58. The summed E-state index contributed by atoms with van der Waals surface area (Å²) in [5.74, 6) is -3.52. The van der Waals surface area contributed by atoms with Gasteiger partial charge in [-0.15, -0.1) is 0 Å². The number of nitrogens with two attached hydrogens (primary N) is 1. The average Bonchev–Trinajstić information content (AvgIpc) is 3.56. The molecule has 4 unspecified atom stereocenters. The van der Waals surface area contributed by atoms with Crippen molar-refractivity contribution in [2.24, 2.45) is 5.73 Å². The molecule has 7 N–H and O–H groups in total. The molecule has 1 saturated heterocycles. The van der Waals surface area contributed by atoms with Gasteiger partial charge in [0.05, 0.1) is 6.04 Å². The van der Waals surface area contributed by atoms with Crippen molar-refractivity contribution >= 4 is 52.3 Å². The van der Waals surface area contributed by atoms with Crippen LogP contribution in [0.4, 0.5) is 0 Å². The zero-order valence-corrected chi connectivity index (χ0v) is 22.5. The molecule has 13 heteroatoms. The van der Waals surface area contributed by atoms with E-state index < -0.39 is 54.3 Å². The van der Waals surface area contributed by atoms with E-state index in [1.807, 2.05) is 30.5 Å². The minimum Gasteiger partial charge on any atom is -0.481 e. The van der Waals surface area contributed by atoms with Crippen LogP contribution >= 0.6 is 11.8 Å². The first-order chi connectivity index (χ1) is 18.6. The predicted molar refractivity (Wildman–Crippen MR) is 146 cm³/mol. The number of para-hydroxylation sites is 1. The number of aliphatic carboxylic acids is 2. The van der Waals surface area contributed by atoms with E-state index in [0.717, 1.165) is 10.9 Å². The van der Waals surface area contributed by atoms with Gasteiger partial charge in [-0.05, 0) is 49.3 Å². The Morgan fingerprint density at radius 2 is 1.87 bits per heavy atom. The molecule has 3 amide bonds. The summed E-state index contributed by atoms with van der Waals surface area (Å²) >= 11 is 1.56. The number of carboxylic acid groups (broad SMARTS) is 2. The summed E-state index contributed by atoms with van der Waals surface area (Å²) < 4.78 is 0. The molecule has 1 aromatic carbocycles. The summed E-state index contributed by atoms with van der Waals surface area (Å²) in [6.45, 7) is 0.349. The highest BCUT2D eigenvalue weighted by Gasteiger charge is 2.38. The molecule has 0 spiro atoms. The SMILES string of the molecule is CSCCC(N)C(=O)N1CCCC1C(=O)NC(CCC(=O)O)C(=O)NC(Cc1c[nH]c2ccccc12)C(=O)O. The first-order valence-electron chi connectivity index (χ1n) is 12.8. The van der Waals surface area contributed by atoms with E-state index in [1.54, 1.807) is 18.0 Å². The standard InChI is InChI=1S/C26H35N5O7S/c1-39-12-10-17(27)25(36)31-11-4-7-21(31)24(35)29-19(8-9-22(32)33)23(34)30-20(26(37)38)13-15-14-28-18-6-3-2-5-16(15)18/h2-3,5-6,14,17,19-21,28H,4,7-13,27H2,1H3,(H,29,35)(H,30,34)(H,32,33)(H,37,38). The monoisotopic (exact) mass is 561 g/mol. The van der Waals surface area contributed by atoms with Gasteiger partial charge in [-0.2, -0.15) is 11.8 Å². The number of rotatable bonds is 14. The molecule has 0 aliphatic carbocycles. The van der Waals surface area contributed by atoms with Crippen LogP contribution in [-0.2, 0) is 30.4 Å². The molecule has 2 aromatic rings. The minimum absolute atomic E-state index is 0.0243. The number of aromatic amines is 1. The first-order valence-corrected chi connectivity index (χ1v) is 14.2. The number of carbonyl (C=O) groups is 5. The molecule has 2 heterocycles. The number of nitrogens with zero attached hydrogens (tertiary/aromatic N) is 1. The zero-order chi connectivity index (χ0) is 28.5. The molecule has 1 fully saturated rings. The van der Waals surface area contributed by atoms with Gasteiger partial charge in [-0.25, -0.2) is 4.79 Å². The molecule has 4 atom stereocenters. The van der Waals surface area contributed by atoms with Crippen molar-refractivity contribution in [3.63, 3.8) is 0 Å². The molecule has 1 aliphatic rings. The number of benzene rings is 1. The first kappa shape index (κ1) is 30.0. The van der Waals surface area contributed by atoms with E-state index in [-0.39, 0.29) is 18.7 Å². The summed E-state index contributed by atoms with van der Waals surface area (Å²) in [5.41, 5.74) is 7.53. The molecule has 212 valence electrons. The molecule has 1 aliphatic heterocycles. The lowest BCUT2D eigenvalue weighted by Crippen LogP contribution is -2.57. The van der Waals surface area contributed by atoms with Crippen LogP contribution in [0.2, 0.25) is 0 Å². The van der Waals surface area contributed by atoms with E-state index in [4.69, 9.17) is 10.8 Å². The van der Waals surface area contributed by atoms with Crippen molar-refractivity contribution in [2.75, 3.05) is 18.6 Å². The normalized spacial score (nSPS) is 17.4. The molecule has 39 heavy (non-hydrogen) atoms. The maximum atomic E-state index is 13.2. The number of likely N-dealkylation sites (tertiary alicyclic amines) is 1. The van der Waals surface area contributed by atoms with Gasteiger partial charge in [-0.1, -0.05) is 18.2 Å². The van der Waals surface area contributed by atoms with E-state index in [1.165, 1.54) is 4.90 Å². The summed E-state index contributed by atoms with van der Waals surface area (Å²) in [6.07, 6.45) is 4.29. The number of hydrogen-bond acceptors (Lipinski definition) is 7. The van der Waals surface area contributed by atoms with Gasteiger partial charge >= 0.3 is 11.9 Å². The number of H-pyrrole nitrogens is 1. The highest BCUT2D eigenvalue weighted by atomic mass is 32.2. The van der Waals surface area contributed by atoms with Gasteiger partial charge in [0, 0.05) is 36.5 Å². The van der Waals surface area contributed by atoms with Crippen molar-refractivity contribution in [1.29, 1.82) is 0 Å².